The molecule has 1 aromatic heterocycles. The monoisotopic (exact) mass is 550 g/mol. The van der Waals surface area contributed by atoms with Gasteiger partial charge < -0.3 is 9.64 Å². The number of carbonyl (C=O) groups is 2. The van der Waals surface area contributed by atoms with E-state index in [0.29, 0.717) is 65.4 Å². The Morgan fingerprint density at radius 2 is 2.00 bits per heavy atom. The summed E-state index contributed by atoms with van der Waals surface area (Å²) in [4.78, 5) is 43.3. The predicted octanol–water partition coefficient (Wildman–Crippen LogP) is 4.23. The van der Waals surface area contributed by atoms with Gasteiger partial charge >= 0.3 is 5.97 Å². The maximum absolute atomic E-state index is 13.5. The number of hydrogen-bond donors (Lipinski definition) is 0. The van der Waals surface area contributed by atoms with E-state index in [1.54, 1.807) is 29.4 Å². The molecule has 38 heavy (non-hydrogen) atoms. The number of piperidine rings is 1. The second-order valence-corrected chi connectivity index (χ2v) is 10.9. The van der Waals surface area contributed by atoms with Crippen LogP contribution in [0, 0.1) is 24.2 Å². The Bertz CT molecular complexity index is 1390. The van der Waals surface area contributed by atoms with E-state index < -0.39 is 0 Å². The van der Waals surface area contributed by atoms with Gasteiger partial charge in [0, 0.05) is 25.2 Å². The summed E-state index contributed by atoms with van der Waals surface area (Å²) in [7, 11) is 0. The van der Waals surface area contributed by atoms with Crippen molar-refractivity contribution in [3.05, 3.63) is 67.8 Å². The number of nitrogens with zero attached hydrogens (tertiary/aromatic N) is 4. The van der Waals surface area contributed by atoms with E-state index in [2.05, 4.69) is 6.07 Å². The third-order valence-corrected chi connectivity index (χ3v) is 8.21. The zero-order chi connectivity index (χ0) is 27.4. The number of hydrogen-bond acceptors (Lipinski definition) is 8. The van der Waals surface area contributed by atoms with Crippen LogP contribution in [-0.2, 0) is 27.4 Å². The van der Waals surface area contributed by atoms with Crippen molar-refractivity contribution in [2.45, 2.75) is 46.7 Å². The molecule has 0 saturated carbocycles. The van der Waals surface area contributed by atoms with Crippen LogP contribution < -0.4 is 10.5 Å². The quantitative estimate of drug-likeness (QED) is 0.287. The maximum atomic E-state index is 13.5. The van der Waals surface area contributed by atoms with Gasteiger partial charge in [-0.05, 0) is 50.8 Å². The molecule has 8 nitrogen and oxygen atoms in total. The highest BCUT2D eigenvalue weighted by Gasteiger charge is 2.34. The van der Waals surface area contributed by atoms with Gasteiger partial charge in [0.2, 0.25) is 0 Å². The number of benzene rings is 1. The average molecular weight is 551 g/mol. The summed E-state index contributed by atoms with van der Waals surface area (Å²) in [6.45, 7) is 7.38. The summed E-state index contributed by atoms with van der Waals surface area (Å²) in [5.41, 5.74) is 1.75. The SMILES string of the molecule is CCOC(=O)C1CCCN(c2c(/C=C3/SC(=S)N(Cc4ccccc4)C3=O)c(C)c(C#N)c(=O)n2CC)C1. The summed E-state index contributed by atoms with van der Waals surface area (Å²) >= 11 is 6.75. The number of carbonyl (C=O) groups excluding carboxylic acids is 2. The van der Waals surface area contributed by atoms with Gasteiger partial charge in [-0.25, -0.2) is 0 Å². The molecule has 1 unspecified atom stereocenters. The lowest BCUT2D eigenvalue weighted by Crippen LogP contribution is -2.43. The first kappa shape index (κ1) is 27.6. The highest BCUT2D eigenvalue weighted by molar-refractivity contribution is 8.26. The molecule has 10 heteroatoms. The lowest BCUT2D eigenvalue weighted by molar-refractivity contribution is -0.148. The maximum Gasteiger partial charge on any atom is 0.310 e. The Morgan fingerprint density at radius 3 is 2.66 bits per heavy atom. The van der Waals surface area contributed by atoms with Gasteiger partial charge in [-0.3, -0.25) is 23.9 Å². The molecule has 0 aliphatic carbocycles. The van der Waals surface area contributed by atoms with E-state index in [1.807, 2.05) is 42.2 Å². The second kappa shape index (κ2) is 12.0. The van der Waals surface area contributed by atoms with E-state index in [9.17, 15) is 19.6 Å². The minimum absolute atomic E-state index is 0.0422. The van der Waals surface area contributed by atoms with Gasteiger partial charge in [-0.2, -0.15) is 5.26 Å². The number of nitriles is 1. The zero-order valence-corrected chi connectivity index (χ0v) is 23.4. The first-order chi connectivity index (χ1) is 18.3. The number of thioether (sulfide) groups is 1. The minimum Gasteiger partial charge on any atom is -0.466 e. The van der Waals surface area contributed by atoms with Crippen molar-refractivity contribution in [2.75, 3.05) is 24.6 Å². The van der Waals surface area contributed by atoms with Gasteiger partial charge in [0.15, 0.2) is 0 Å². The van der Waals surface area contributed by atoms with Crippen LogP contribution in [0.15, 0.2) is 40.0 Å². The molecule has 0 bridgehead atoms. The highest BCUT2D eigenvalue weighted by Crippen LogP contribution is 2.37. The summed E-state index contributed by atoms with van der Waals surface area (Å²) < 4.78 is 7.29. The van der Waals surface area contributed by atoms with Crippen molar-refractivity contribution in [3.8, 4) is 6.07 Å². The van der Waals surface area contributed by atoms with Crippen LogP contribution in [0.1, 0.15) is 48.9 Å². The van der Waals surface area contributed by atoms with E-state index in [1.165, 1.54) is 11.8 Å². The molecule has 2 aliphatic rings. The Morgan fingerprint density at radius 1 is 1.26 bits per heavy atom. The van der Waals surface area contributed by atoms with Crippen LogP contribution in [0.3, 0.4) is 0 Å². The van der Waals surface area contributed by atoms with Crippen LogP contribution in [0.4, 0.5) is 5.82 Å². The average Bonchev–Trinajstić information content (AvgIpc) is 3.18. The van der Waals surface area contributed by atoms with E-state index in [-0.39, 0.29) is 28.9 Å². The van der Waals surface area contributed by atoms with Gasteiger partial charge in [-0.1, -0.05) is 54.3 Å². The lowest BCUT2D eigenvalue weighted by Gasteiger charge is -2.36. The predicted molar refractivity (Wildman–Crippen MR) is 153 cm³/mol. The van der Waals surface area contributed by atoms with Gasteiger partial charge in [-0.15, -0.1) is 0 Å². The van der Waals surface area contributed by atoms with E-state index in [4.69, 9.17) is 17.0 Å². The normalized spacial score (nSPS) is 18.7. The number of thiocarbonyl (C=S) groups is 1. The van der Waals surface area contributed by atoms with Crippen molar-refractivity contribution < 1.29 is 14.3 Å². The number of anilines is 1. The molecule has 3 heterocycles. The first-order valence-electron chi connectivity index (χ1n) is 12.7. The fraction of sp³-hybridized carbons (Fsp3) is 0.393. The van der Waals surface area contributed by atoms with Crippen molar-refractivity contribution in [1.29, 1.82) is 5.26 Å². The largest absolute Gasteiger partial charge is 0.466 e. The minimum atomic E-state index is -0.380. The van der Waals surface area contributed by atoms with Crippen LogP contribution in [-0.4, -0.2) is 45.4 Å². The zero-order valence-electron chi connectivity index (χ0n) is 21.7. The molecule has 0 radical (unpaired) electrons. The summed E-state index contributed by atoms with van der Waals surface area (Å²) in [6.07, 6.45) is 3.20. The second-order valence-electron chi connectivity index (χ2n) is 9.19. The molecule has 1 atom stereocenters. The fourth-order valence-corrected chi connectivity index (χ4v) is 6.17. The molecule has 2 saturated heterocycles. The van der Waals surface area contributed by atoms with Crippen molar-refractivity contribution in [3.63, 3.8) is 0 Å². The van der Waals surface area contributed by atoms with Crippen molar-refractivity contribution in [1.82, 2.24) is 9.47 Å². The molecular weight excluding hydrogens is 520 g/mol. The molecule has 0 N–H and O–H groups in total. The van der Waals surface area contributed by atoms with E-state index in [0.717, 1.165) is 12.0 Å². The molecule has 4 rings (SSSR count). The van der Waals surface area contributed by atoms with Crippen LogP contribution in [0.5, 0.6) is 0 Å². The first-order valence-corrected chi connectivity index (χ1v) is 13.9. The number of ether oxygens (including phenoxy) is 1. The lowest BCUT2D eigenvalue weighted by atomic mass is 9.96. The van der Waals surface area contributed by atoms with Crippen LogP contribution in [0.25, 0.3) is 6.08 Å². The number of pyridine rings is 1. The molecular formula is C28H30N4O4S2. The third kappa shape index (κ3) is 5.40. The van der Waals surface area contributed by atoms with Crippen LogP contribution >= 0.6 is 24.0 Å². The van der Waals surface area contributed by atoms with Crippen molar-refractivity contribution in [2.24, 2.45) is 5.92 Å². The Labute approximate surface area is 231 Å². The molecule has 0 spiro atoms. The molecule has 2 aliphatic heterocycles. The number of amides is 1. The molecule has 1 aromatic carbocycles. The summed E-state index contributed by atoms with van der Waals surface area (Å²) in [6, 6.07) is 11.7. The van der Waals surface area contributed by atoms with Crippen molar-refractivity contribution >= 4 is 52.1 Å². The molecule has 2 aromatic rings. The van der Waals surface area contributed by atoms with Gasteiger partial charge in [0.1, 0.15) is 21.8 Å². The molecule has 198 valence electrons. The third-order valence-electron chi connectivity index (χ3n) is 6.84. The Kier molecular flexibility index (Phi) is 8.69. The smallest absolute Gasteiger partial charge is 0.310 e. The topological polar surface area (TPSA) is 95.6 Å². The standard InChI is InChI=1S/C28H30N4O4S2/c1-4-31-24(30-13-9-12-20(17-30)27(35)36-5-2)21(18(3)22(15-29)25(31)33)14-23-26(34)32(28(37)38-23)16-19-10-7-6-8-11-19/h6-8,10-11,14,20H,4-5,9,12-13,16-17H2,1-3H3/b23-14+. The highest BCUT2D eigenvalue weighted by atomic mass is 32.2. The number of esters is 1. The molecule has 2 fully saturated rings. The fourth-order valence-electron chi connectivity index (χ4n) is 4.93. The Hall–Kier alpha value is -3.42. The summed E-state index contributed by atoms with van der Waals surface area (Å²) in [5, 5.41) is 9.82. The Balaban J connectivity index is 1.79. The van der Waals surface area contributed by atoms with Gasteiger partial charge in [0.25, 0.3) is 11.5 Å². The number of rotatable bonds is 7. The van der Waals surface area contributed by atoms with Gasteiger partial charge in [0.05, 0.1) is 24.0 Å². The molecule has 1 amide bonds. The van der Waals surface area contributed by atoms with Crippen LogP contribution in [0.2, 0.25) is 0 Å². The number of aromatic nitrogens is 1. The van der Waals surface area contributed by atoms with E-state index >= 15 is 0 Å². The summed E-state index contributed by atoms with van der Waals surface area (Å²) in [5.74, 6) is -0.186.